The summed E-state index contributed by atoms with van der Waals surface area (Å²) < 4.78 is 4.64. The van der Waals surface area contributed by atoms with E-state index in [0.29, 0.717) is 0 Å². The molecule has 4 nitrogen and oxygen atoms in total. The second-order valence-corrected chi connectivity index (χ2v) is 4.07. The lowest BCUT2D eigenvalue weighted by Crippen LogP contribution is -2.40. The third kappa shape index (κ3) is 2.64. The number of fused-ring (bicyclic) bond motifs is 1. The van der Waals surface area contributed by atoms with Crippen LogP contribution in [-0.2, 0) is 27.2 Å². The van der Waals surface area contributed by atoms with Crippen molar-refractivity contribution < 1.29 is 14.3 Å². The second-order valence-electron chi connectivity index (χ2n) is 4.07. The molecule has 90 valence electrons. The third-order valence-electron chi connectivity index (χ3n) is 2.85. The molecule has 0 saturated carbocycles. The molecule has 0 saturated heterocycles. The van der Waals surface area contributed by atoms with Crippen LogP contribution in [0.15, 0.2) is 24.3 Å². The van der Waals surface area contributed by atoms with Gasteiger partial charge in [-0.25, -0.2) is 4.79 Å². The molecule has 0 radical (unpaired) electrons. The van der Waals surface area contributed by atoms with Crippen LogP contribution in [-0.4, -0.2) is 24.5 Å². The van der Waals surface area contributed by atoms with Crippen molar-refractivity contribution in [3.05, 3.63) is 35.4 Å². The molecule has 1 aromatic rings. The number of esters is 1. The van der Waals surface area contributed by atoms with Gasteiger partial charge in [0.15, 0.2) is 0 Å². The van der Waals surface area contributed by atoms with Gasteiger partial charge in [-0.1, -0.05) is 24.3 Å². The molecule has 0 aromatic heterocycles. The van der Waals surface area contributed by atoms with Crippen molar-refractivity contribution in [1.29, 1.82) is 0 Å². The summed E-state index contributed by atoms with van der Waals surface area (Å²) in [6.07, 6.45) is 1.56. The van der Waals surface area contributed by atoms with Crippen molar-refractivity contribution in [3.8, 4) is 0 Å². The quantitative estimate of drug-likeness (QED) is 0.608. The van der Waals surface area contributed by atoms with Crippen LogP contribution in [0.3, 0.4) is 0 Å². The lowest BCUT2D eigenvalue weighted by atomic mass is 10.1. The van der Waals surface area contributed by atoms with E-state index in [1.54, 1.807) is 6.92 Å². The van der Waals surface area contributed by atoms with Gasteiger partial charge in [-0.2, -0.15) is 0 Å². The Hall–Kier alpha value is -1.84. The van der Waals surface area contributed by atoms with Crippen LogP contribution in [0.4, 0.5) is 0 Å². The maximum Gasteiger partial charge on any atom is 0.396 e. The van der Waals surface area contributed by atoms with Gasteiger partial charge in [-0.15, -0.1) is 0 Å². The van der Waals surface area contributed by atoms with Crippen molar-refractivity contribution >= 4 is 11.9 Å². The first-order chi connectivity index (χ1) is 8.20. The van der Waals surface area contributed by atoms with Crippen LogP contribution in [0, 0.1) is 0 Å². The molecule has 0 bridgehead atoms. The van der Waals surface area contributed by atoms with Gasteiger partial charge in [0.1, 0.15) is 0 Å². The highest BCUT2D eigenvalue weighted by molar-refractivity contribution is 6.32. The van der Waals surface area contributed by atoms with Gasteiger partial charge in [0, 0.05) is 6.04 Å². The summed E-state index contributed by atoms with van der Waals surface area (Å²) in [7, 11) is 0. The largest absolute Gasteiger partial charge is 0.459 e. The first-order valence-corrected chi connectivity index (χ1v) is 5.75. The zero-order valence-electron chi connectivity index (χ0n) is 9.73. The fraction of sp³-hybridized carbons (Fsp3) is 0.385. The normalized spacial score (nSPS) is 14.2. The second kappa shape index (κ2) is 4.99. The smallest absolute Gasteiger partial charge is 0.396 e. The summed E-state index contributed by atoms with van der Waals surface area (Å²) in [4.78, 5) is 22.6. The molecule has 0 unspecified atom stereocenters. The Morgan fingerprint density at radius 1 is 1.29 bits per heavy atom. The summed E-state index contributed by atoms with van der Waals surface area (Å²) >= 11 is 0. The van der Waals surface area contributed by atoms with E-state index in [-0.39, 0.29) is 12.6 Å². The molecule has 1 N–H and O–H groups in total. The minimum absolute atomic E-state index is 0.00399. The first-order valence-electron chi connectivity index (χ1n) is 5.75. The molecular weight excluding hydrogens is 218 g/mol. The lowest BCUT2D eigenvalue weighted by Gasteiger charge is -2.10. The van der Waals surface area contributed by atoms with Gasteiger partial charge >= 0.3 is 11.9 Å². The van der Waals surface area contributed by atoms with E-state index in [1.807, 2.05) is 24.3 Å². The zero-order chi connectivity index (χ0) is 12.3. The van der Waals surface area contributed by atoms with Crippen molar-refractivity contribution in [3.63, 3.8) is 0 Å². The van der Waals surface area contributed by atoms with Crippen LogP contribution in [0.2, 0.25) is 0 Å². The zero-order valence-corrected chi connectivity index (χ0v) is 9.73. The summed E-state index contributed by atoms with van der Waals surface area (Å²) in [5.41, 5.74) is 2.48. The summed E-state index contributed by atoms with van der Waals surface area (Å²) in [5.74, 6) is -1.45. The molecule has 1 amide bonds. The van der Waals surface area contributed by atoms with Gasteiger partial charge in [0.05, 0.1) is 6.61 Å². The predicted octanol–water partition coefficient (Wildman–Crippen LogP) is 0.833. The number of nitrogens with one attached hydrogen (secondary N) is 1. The molecule has 1 aliphatic rings. The Morgan fingerprint density at radius 3 is 2.41 bits per heavy atom. The van der Waals surface area contributed by atoms with Crippen LogP contribution < -0.4 is 5.32 Å². The number of carbonyl (C=O) groups is 2. The lowest BCUT2D eigenvalue weighted by molar-refractivity contribution is -0.154. The average Bonchev–Trinajstić information content (AvgIpc) is 2.71. The van der Waals surface area contributed by atoms with Crippen molar-refractivity contribution in [2.45, 2.75) is 25.8 Å². The summed E-state index contributed by atoms with van der Waals surface area (Å²) in [6.45, 7) is 1.90. The SMILES string of the molecule is CCOC(=O)C(=O)NC1Cc2ccccc2C1. The predicted molar refractivity (Wildman–Crippen MR) is 62.4 cm³/mol. The minimum Gasteiger partial charge on any atom is -0.459 e. The van der Waals surface area contributed by atoms with Gasteiger partial charge in [-0.05, 0) is 30.9 Å². The number of hydrogen-bond donors (Lipinski definition) is 1. The van der Waals surface area contributed by atoms with Crippen LogP contribution in [0.5, 0.6) is 0 Å². The number of hydrogen-bond acceptors (Lipinski definition) is 3. The van der Waals surface area contributed by atoms with Crippen LogP contribution in [0.1, 0.15) is 18.1 Å². The maximum absolute atomic E-state index is 11.5. The molecule has 0 spiro atoms. The Labute approximate surface area is 100.0 Å². The van der Waals surface area contributed by atoms with Gasteiger partial charge in [0.25, 0.3) is 0 Å². The summed E-state index contributed by atoms with van der Waals surface area (Å²) in [6, 6.07) is 8.06. The van der Waals surface area contributed by atoms with E-state index < -0.39 is 11.9 Å². The number of amides is 1. The monoisotopic (exact) mass is 233 g/mol. The summed E-state index contributed by atoms with van der Waals surface area (Å²) in [5, 5.41) is 2.70. The Kier molecular flexibility index (Phi) is 3.42. The van der Waals surface area contributed by atoms with E-state index in [4.69, 9.17) is 0 Å². The molecule has 0 fully saturated rings. The van der Waals surface area contributed by atoms with E-state index in [9.17, 15) is 9.59 Å². The molecule has 1 aliphatic carbocycles. The number of rotatable bonds is 2. The van der Waals surface area contributed by atoms with Crippen molar-refractivity contribution in [2.75, 3.05) is 6.61 Å². The average molecular weight is 233 g/mol. The third-order valence-corrected chi connectivity index (χ3v) is 2.85. The fourth-order valence-corrected chi connectivity index (χ4v) is 2.10. The maximum atomic E-state index is 11.5. The van der Waals surface area contributed by atoms with E-state index in [2.05, 4.69) is 10.1 Å². The Bertz CT molecular complexity index is 417. The van der Waals surface area contributed by atoms with Crippen molar-refractivity contribution in [2.24, 2.45) is 0 Å². The number of benzene rings is 1. The van der Waals surface area contributed by atoms with Crippen LogP contribution >= 0.6 is 0 Å². The highest BCUT2D eigenvalue weighted by atomic mass is 16.5. The molecule has 2 rings (SSSR count). The first kappa shape index (κ1) is 11.6. The Morgan fingerprint density at radius 2 is 1.88 bits per heavy atom. The standard InChI is InChI=1S/C13H15NO3/c1-2-17-13(16)12(15)14-11-7-9-5-3-4-6-10(9)8-11/h3-6,11H,2,7-8H2,1H3,(H,14,15). The minimum atomic E-state index is -0.802. The van der Waals surface area contributed by atoms with Gasteiger partial charge in [-0.3, -0.25) is 4.79 Å². The molecular formula is C13H15NO3. The van der Waals surface area contributed by atoms with Crippen molar-refractivity contribution in [1.82, 2.24) is 5.32 Å². The van der Waals surface area contributed by atoms with E-state index in [0.717, 1.165) is 12.8 Å². The molecule has 1 aromatic carbocycles. The molecule has 4 heteroatoms. The molecule has 17 heavy (non-hydrogen) atoms. The Balaban J connectivity index is 1.92. The van der Waals surface area contributed by atoms with Gasteiger partial charge in [0.2, 0.25) is 0 Å². The van der Waals surface area contributed by atoms with Crippen LogP contribution in [0.25, 0.3) is 0 Å². The molecule has 0 atom stereocenters. The number of ether oxygens (including phenoxy) is 1. The topological polar surface area (TPSA) is 55.4 Å². The fourth-order valence-electron chi connectivity index (χ4n) is 2.10. The number of carbonyl (C=O) groups excluding carboxylic acids is 2. The van der Waals surface area contributed by atoms with E-state index >= 15 is 0 Å². The highest BCUT2D eigenvalue weighted by Gasteiger charge is 2.25. The molecule has 0 heterocycles. The highest BCUT2D eigenvalue weighted by Crippen LogP contribution is 2.21. The van der Waals surface area contributed by atoms with E-state index in [1.165, 1.54) is 11.1 Å². The van der Waals surface area contributed by atoms with Gasteiger partial charge < -0.3 is 10.1 Å². The molecule has 0 aliphatic heterocycles.